The van der Waals surface area contributed by atoms with Crippen LogP contribution in [0.15, 0.2) is 42.5 Å². The van der Waals surface area contributed by atoms with Crippen molar-refractivity contribution in [1.82, 2.24) is 0 Å². The van der Waals surface area contributed by atoms with Gasteiger partial charge in [-0.15, -0.1) is 12.4 Å². The van der Waals surface area contributed by atoms with Crippen molar-refractivity contribution in [2.75, 3.05) is 7.11 Å². The summed E-state index contributed by atoms with van der Waals surface area (Å²) in [5.74, 6) is -0.298. The predicted octanol–water partition coefficient (Wildman–Crippen LogP) is 3.46. The predicted molar refractivity (Wildman–Crippen MR) is 83.9 cm³/mol. The number of hydrogen-bond donors (Lipinski definition) is 1. The second-order valence-electron chi connectivity index (χ2n) is 5.26. The molecule has 0 saturated carbocycles. The third kappa shape index (κ3) is 2.79. The summed E-state index contributed by atoms with van der Waals surface area (Å²) in [6.07, 6.45) is 0. The van der Waals surface area contributed by atoms with Crippen LogP contribution in [0, 0.1) is 5.41 Å². The van der Waals surface area contributed by atoms with Crippen LogP contribution < -0.4 is 5.73 Å². The molecule has 1 atom stereocenters. The van der Waals surface area contributed by atoms with E-state index in [1.807, 2.05) is 56.3 Å². The van der Waals surface area contributed by atoms with Crippen LogP contribution in [-0.4, -0.2) is 13.1 Å². The van der Waals surface area contributed by atoms with E-state index in [-0.39, 0.29) is 18.4 Å². The molecule has 2 aromatic rings. The number of esters is 1. The van der Waals surface area contributed by atoms with Crippen molar-refractivity contribution in [3.05, 3.63) is 48.0 Å². The fraction of sp³-hybridized carbons (Fsp3) is 0.312. The molecule has 0 saturated heterocycles. The smallest absolute Gasteiger partial charge is 0.313 e. The zero-order valence-corrected chi connectivity index (χ0v) is 12.7. The Labute approximate surface area is 125 Å². The van der Waals surface area contributed by atoms with Crippen molar-refractivity contribution in [1.29, 1.82) is 0 Å². The first-order valence-electron chi connectivity index (χ1n) is 6.30. The van der Waals surface area contributed by atoms with E-state index < -0.39 is 11.5 Å². The highest BCUT2D eigenvalue weighted by molar-refractivity contribution is 5.87. The van der Waals surface area contributed by atoms with E-state index in [2.05, 4.69) is 0 Å². The molecule has 2 rings (SSSR count). The molecular weight excluding hydrogens is 274 g/mol. The summed E-state index contributed by atoms with van der Waals surface area (Å²) in [5, 5.41) is 2.20. The Kier molecular flexibility index (Phi) is 5.15. The first-order chi connectivity index (χ1) is 8.98. The third-order valence-corrected chi connectivity index (χ3v) is 3.65. The van der Waals surface area contributed by atoms with Crippen LogP contribution >= 0.6 is 12.4 Å². The number of benzene rings is 2. The lowest BCUT2D eigenvalue weighted by Crippen LogP contribution is -2.37. The van der Waals surface area contributed by atoms with E-state index in [0.29, 0.717) is 0 Å². The summed E-state index contributed by atoms with van der Waals surface area (Å²) in [6.45, 7) is 3.62. The van der Waals surface area contributed by atoms with Gasteiger partial charge in [-0.05, 0) is 30.2 Å². The van der Waals surface area contributed by atoms with Gasteiger partial charge in [0.15, 0.2) is 0 Å². The monoisotopic (exact) mass is 293 g/mol. The minimum absolute atomic E-state index is 0. The normalized spacial score (nSPS) is 12.6. The highest BCUT2D eigenvalue weighted by Crippen LogP contribution is 2.35. The minimum Gasteiger partial charge on any atom is -0.469 e. The van der Waals surface area contributed by atoms with Crippen LogP contribution in [0.5, 0.6) is 0 Å². The van der Waals surface area contributed by atoms with Crippen molar-refractivity contribution < 1.29 is 9.53 Å². The van der Waals surface area contributed by atoms with Gasteiger partial charge in [0.05, 0.1) is 12.5 Å². The summed E-state index contributed by atoms with van der Waals surface area (Å²) >= 11 is 0. The quantitative estimate of drug-likeness (QED) is 0.882. The number of rotatable bonds is 3. The number of carbonyl (C=O) groups excluding carboxylic acids is 1. The van der Waals surface area contributed by atoms with Crippen LogP contribution in [0.2, 0.25) is 0 Å². The van der Waals surface area contributed by atoms with E-state index in [1.165, 1.54) is 7.11 Å². The summed E-state index contributed by atoms with van der Waals surface area (Å²) in [7, 11) is 1.39. The zero-order chi connectivity index (χ0) is 14.0. The summed E-state index contributed by atoms with van der Waals surface area (Å²) < 4.78 is 4.85. The highest BCUT2D eigenvalue weighted by atomic mass is 35.5. The van der Waals surface area contributed by atoms with Gasteiger partial charge >= 0.3 is 5.97 Å². The van der Waals surface area contributed by atoms with E-state index >= 15 is 0 Å². The summed E-state index contributed by atoms with van der Waals surface area (Å²) in [5.41, 5.74) is 6.52. The molecule has 2 aromatic carbocycles. The van der Waals surface area contributed by atoms with E-state index in [1.54, 1.807) is 0 Å². The molecule has 0 heterocycles. The number of fused-ring (bicyclic) bond motifs is 1. The fourth-order valence-electron chi connectivity index (χ4n) is 2.30. The lowest BCUT2D eigenvalue weighted by atomic mass is 9.79. The van der Waals surface area contributed by atoms with Gasteiger partial charge in [-0.25, -0.2) is 0 Å². The van der Waals surface area contributed by atoms with Crippen molar-refractivity contribution in [2.45, 2.75) is 19.9 Å². The van der Waals surface area contributed by atoms with Crippen molar-refractivity contribution in [3.63, 3.8) is 0 Å². The molecule has 0 aromatic heterocycles. The van der Waals surface area contributed by atoms with E-state index in [0.717, 1.165) is 16.3 Å². The summed E-state index contributed by atoms with van der Waals surface area (Å²) in [4.78, 5) is 11.9. The molecule has 0 aliphatic carbocycles. The van der Waals surface area contributed by atoms with Crippen molar-refractivity contribution in [2.24, 2.45) is 11.1 Å². The van der Waals surface area contributed by atoms with Gasteiger partial charge in [0, 0.05) is 6.04 Å². The molecule has 3 nitrogen and oxygen atoms in total. The maximum absolute atomic E-state index is 11.9. The zero-order valence-electron chi connectivity index (χ0n) is 11.9. The summed E-state index contributed by atoms with van der Waals surface area (Å²) in [6, 6.07) is 13.6. The molecule has 0 radical (unpaired) electrons. The molecule has 0 unspecified atom stereocenters. The molecule has 2 N–H and O–H groups in total. The van der Waals surface area contributed by atoms with Gasteiger partial charge < -0.3 is 10.5 Å². The molecule has 4 heteroatoms. The molecule has 0 aliphatic rings. The Hall–Kier alpha value is -1.58. The van der Waals surface area contributed by atoms with Gasteiger partial charge in [0.25, 0.3) is 0 Å². The van der Waals surface area contributed by atoms with Crippen LogP contribution in [0.4, 0.5) is 0 Å². The molecule has 0 bridgehead atoms. The largest absolute Gasteiger partial charge is 0.469 e. The number of ether oxygens (including phenoxy) is 1. The van der Waals surface area contributed by atoms with Crippen molar-refractivity contribution >= 4 is 29.1 Å². The lowest BCUT2D eigenvalue weighted by Gasteiger charge is -2.29. The van der Waals surface area contributed by atoms with Crippen LogP contribution in [0.3, 0.4) is 0 Å². The number of halogens is 1. The second kappa shape index (κ2) is 6.25. The number of nitrogens with two attached hydrogens (primary N) is 1. The molecule has 0 spiro atoms. The van der Waals surface area contributed by atoms with Gasteiger partial charge in [-0.2, -0.15) is 0 Å². The lowest BCUT2D eigenvalue weighted by molar-refractivity contribution is -0.152. The average molecular weight is 294 g/mol. The van der Waals surface area contributed by atoms with Crippen LogP contribution in [-0.2, 0) is 9.53 Å². The molecule has 0 aliphatic heterocycles. The molecule has 0 fully saturated rings. The maximum Gasteiger partial charge on any atom is 0.313 e. The topological polar surface area (TPSA) is 52.3 Å². The Morgan fingerprint density at radius 1 is 1.15 bits per heavy atom. The Morgan fingerprint density at radius 3 is 2.40 bits per heavy atom. The first kappa shape index (κ1) is 16.5. The third-order valence-electron chi connectivity index (χ3n) is 3.65. The number of hydrogen-bond acceptors (Lipinski definition) is 3. The van der Waals surface area contributed by atoms with Crippen molar-refractivity contribution in [3.8, 4) is 0 Å². The Morgan fingerprint density at radius 2 is 1.75 bits per heavy atom. The molecule has 0 amide bonds. The highest BCUT2D eigenvalue weighted by Gasteiger charge is 2.37. The second-order valence-corrected chi connectivity index (χ2v) is 5.26. The molecule has 108 valence electrons. The van der Waals surface area contributed by atoms with Crippen LogP contribution in [0.1, 0.15) is 25.5 Å². The molecule has 20 heavy (non-hydrogen) atoms. The standard InChI is InChI=1S/C16H19NO2.ClH/c1-16(2,15(18)19-3)14(17)13-10-6-8-11-7-4-5-9-12(11)13;/h4-10,14H,17H2,1-3H3;1H/t14-;/m1./s1. The van der Waals surface area contributed by atoms with Gasteiger partial charge in [0.1, 0.15) is 0 Å². The average Bonchev–Trinajstić information content (AvgIpc) is 2.44. The molecular formula is C16H20ClNO2. The van der Waals surface area contributed by atoms with E-state index in [9.17, 15) is 4.79 Å². The number of methoxy groups -OCH3 is 1. The Balaban J connectivity index is 0.00000200. The first-order valence-corrected chi connectivity index (χ1v) is 6.30. The van der Waals surface area contributed by atoms with Gasteiger partial charge in [-0.3, -0.25) is 4.79 Å². The Bertz CT molecular complexity index is 605. The SMILES string of the molecule is COC(=O)C(C)(C)[C@H](N)c1cccc2ccccc12.Cl. The number of carbonyl (C=O) groups is 1. The fourth-order valence-corrected chi connectivity index (χ4v) is 2.30. The minimum atomic E-state index is -0.765. The van der Waals surface area contributed by atoms with Gasteiger partial charge in [0.2, 0.25) is 0 Å². The maximum atomic E-state index is 11.9. The van der Waals surface area contributed by atoms with Crippen LogP contribution in [0.25, 0.3) is 10.8 Å². The van der Waals surface area contributed by atoms with E-state index in [4.69, 9.17) is 10.5 Å². The van der Waals surface area contributed by atoms with Gasteiger partial charge in [-0.1, -0.05) is 42.5 Å².